The standard InChI is InChI=1S/C11H15NO4S/c1-9(11(13)16-2)12-17(14,15)8-10-6-4-3-5-7-10/h3-7,9,12H,8H2,1-2H3/t9-/m0/s1. The first-order chi connectivity index (χ1) is 7.94. The van der Waals surface area contributed by atoms with Gasteiger partial charge < -0.3 is 4.74 Å². The van der Waals surface area contributed by atoms with E-state index in [2.05, 4.69) is 9.46 Å². The van der Waals surface area contributed by atoms with Crippen LogP contribution < -0.4 is 4.72 Å². The third-order valence-corrected chi connectivity index (χ3v) is 3.54. The lowest BCUT2D eigenvalue weighted by Gasteiger charge is -2.11. The van der Waals surface area contributed by atoms with E-state index in [0.717, 1.165) is 0 Å². The van der Waals surface area contributed by atoms with Crippen molar-refractivity contribution in [3.63, 3.8) is 0 Å². The Morgan fingerprint density at radius 3 is 2.47 bits per heavy atom. The van der Waals surface area contributed by atoms with Crippen molar-refractivity contribution >= 4 is 16.0 Å². The van der Waals surface area contributed by atoms with Gasteiger partial charge in [0.05, 0.1) is 12.9 Å². The highest BCUT2D eigenvalue weighted by Gasteiger charge is 2.20. The fourth-order valence-electron chi connectivity index (χ4n) is 1.33. The highest BCUT2D eigenvalue weighted by Crippen LogP contribution is 2.04. The number of nitrogens with one attached hydrogen (secondary N) is 1. The SMILES string of the molecule is COC(=O)[C@H](C)NS(=O)(=O)Cc1ccccc1. The number of rotatable bonds is 5. The molecule has 0 aliphatic rings. The summed E-state index contributed by atoms with van der Waals surface area (Å²) in [6, 6.07) is 7.86. The van der Waals surface area contributed by atoms with Crippen LogP contribution in [-0.2, 0) is 25.3 Å². The van der Waals surface area contributed by atoms with Crippen LogP contribution in [0.4, 0.5) is 0 Å². The molecule has 0 saturated carbocycles. The molecule has 0 bridgehead atoms. The Bertz CT molecular complexity index is 470. The molecule has 17 heavy (non-hydrogen) atoms. The molecule has 0 heterocycles. The zero-order chi connectivity index (χ0) is 12.9. The quantitative estimate of drug-likeness (QED) is 0.787. The van der Waals surface area contributed by atoms with Crippen LogP contribution in [0, 0.1) is 0 Å². The molecule has 1 atom stereocenters. The molecular weight excluding hydrogens is 242 g/mol. The number of esters is 1. The summed E-state index contributed by atoms with van der Waals surface area (Å²) in [6.45, 7) is 1.44. The summed E-state index contributed by atoms with van der Waals surface area (Å²) in [5, 5.41) is 0. The summed E-state index contributed by atoms with van der Waals surface area (Å²) in [6.07, 6.45) is 0. The van der Waals surface area contributed by atoms with E-state index in [0.29, 0.717) is 5.56 Å². The topological polar surface area (TPSA) is 72.5 Å². The lowest BCUT2D eigenvalue weighted by Crippen LogP contribution is -2.39. The largest absolute Gasteiger partial charge is 0.468 e. The zero-order valence-electron chi connectivity index (χ0n) is 9.71. The third-order valence-electron chi connectivity index (χ3n) is 2.11. The van der Waals surface area contributed by atoms with Gasteiger partial charge in [0.1, 0.15) is 6.04 Å². The summed E-state index contributed by atoms with van der Waals surface area (Å²) in [5.74, 6) is -0.767. The first kappa shape index (κ1) is 13.7. The summed E-state index contributed by atoms with van der Waals surface area (Å²) in [4.78, 5) is 11.1. The lowest BCUT2D eigenvalue weighted by molar-refractivity contribution is -0.142. The number of carbonyl (C=O) groups excluding carboxylic acids is 1. The molecule has 0 aliphatic carbocycles. The molecular formula is C11H15NO4S. The molecule has 1 rings (SSSR count). The van der Waals surface area contributed by atoms with Gasteiger partial charge in [-0.1, -0.05) is 30.3 Å². The Labute approximate surface area is 101 Å². The van der Waals surface area contributed by atoms with Gasteiger partial charge in [-0.2, -0.15) is 0 Å². The highest BCUT2D eigenvalue weighted by molar-refractivity contribution is 7.88. The second-order valence-electron chi connectivity index (χ2n) is 3.61. The smallest absolute Gasteiger partial charge is 0.323 e. The van der Waals surface area contributed by atoms with Crippen molar-refractivity contribution in [2.45, 2.75) is 18.7 Å². The molecule has 0 radical (unpaired) electrons. The van der Waals surface area contributed by atoms with Gasteiger partial charge in [-0.15, -0.1) is 0 Å². The maximum Gasteiger partial charge on any atom is 0.323 e. The molecule has 1 aromatic carbocycles. The maximum absolute atomic E-state index is 11.7. The average molecular weight is 257 g/mol. The summed E-state index contributed by atoms with van der Waals surface area (Å²) in [7, 11) is -2.33. The van der Waals surface area contributed by atoms with Gasteiger partial charge in [-0.05, 0) is 12.5 Å². The monoisotopic (exact) mass is 257 g/mol. The lowest BCUT2D eigenvalue weighted by atomic mass is 10.2. The van der Waals surface area contributed by atoms with Crippen molar-refractivity contribution in [2.24, 2.45) is 0 Å². The molecule has 1 aromatic rings. The van der Waals surface area contributed by atoms with E-state index in [9.17, 15) is 13.2 Å². The molecule has 1 N–H and O–H groups in total. The fourth-order valence-corrected chi connectivity index (χ4v) is 2.68. The Balaban J connectivity index is 2.67. The maximum atomic E-state index is 11.7. The molecule has 94 valence electrons. The molecule has 0 spiro atoms. The van der Waals surface area contributed by atoms with Crippen molar-refractivity contribution in [1.82, 2.24) is 4.72 Å². The number of hydrogen-bond acceptors (Lipinski definition) is 4. The predicted molar refractivity (Wildman–Crippen MR) is 63.7 cm³/mol. The van der Waals surface area contributed by atoms with E-state index in [1.807, 2.05) is 0 Å². The molecule has 0 fully saturated rings. The van der Waals surface area contributed by atoms with Gasteiger partial charge in [-0.3, -0.25) is 4.79 Å². The van der Waals surface area contributed by atoms with Crippen LogP contribution in [0.2, 0.25) is 0 Å². The van der Waals surface area contributed by atoms with Crippen LogP contribution in [0.5, 0.6) is 0 Å². The van der Waals surface area contributed by atoms with E-state index in [4.69, 9.17) is 0 Å². The van der Waals surface area contributed by atoms with Crippen LogP contribution in [0.3, 0.4) is 0 Å². The van der Waals surface area contributed by atoms with Crippen molar-refractivity contribution < 1.29 is 17.9 Å². The van der Waals surface area contributed by atoms with Gasteiger partial charge in [0.15, 0.2) is 0 Å². The van der Waals surface area contributed by atoms with Crippen molar-refractivity contribution in [2.75, 3.05) is 7.11 Å². The first-order valence-electron chi connectivity index (χ1n) is 5.06. The highest BCUT2D eigenvalue weighted by atomic mass is 32.2. The van der Waals surface area contributed by atoms with E-state index in [1.165, 1.54) is 14.0 Å². The van der Waals surface area contributed by atoms with E-state index in [1.54, 1.807) is 30.3 Å². The second-order valence-corrected chi connectivity index (χ2v) is 5.36. The predicted octanol–water partition coefficient (Wildman–Crippen LogP) is 0.667. The van der Waals surface area contributed by atoms with E-state index < -0.39 is 22.0 Å². The third kappa shape index (κ3) is 4.54. The van der Waals surface area contributed by atoms with Gasteiger partial charge in [0.25, 0.3) is 0 Å². The number of hydrogen-bond donors (Lipinski definition) is 1. The Kier molecular flexibility index (Phi) is 4.65. The molecule has 0 amide bonds. The minimum absolute atomic E-state index is 0.158. The van der Waals surface area contributed by atoms with Crippen LogP contribution in [0.25, 0.3) is 0 Å². The van der Waals surface area contributed by atoms with Crippen molar-refractivity contribution in [3.8, 4) is 0 Å². The zero-order valence-corrected chi connectivity index (χ0v) is 10.5. The van der Waals surface area contributed by atoms with Gasteiger partial charge in [0.2, 0.25) is 10.0 Å². The van der Waals surface area contributed by atoms with E-state index >= 15 is 0 Å². The average Bonchev–Trinajstić information content (AvgIpc) is 2.27. The van der Waals surface area contributed by atoms with Crippen LogP contribution in [0.15, 0.2) is 30.3 Å². The summed E-state index contributed by atoms with van der Waals surface area (Å²) in [5.41, 5.74) is 0.664. The Morgan fingerprint density at radius 1 is 1.35 bits per heavy atom. The molecule has 0 aromatic heterocycles. The normalized spacial score (nSPS) is 13.1. The fraction of sp³-hybridized carbons (Fsp3) is 0.364. The molecule has 0 saturated heterocycles. The summed E-state index contributed by atoms with van der Waals surface area (Å²) < 4.78 is 30.1. The number of ether oxygens (including phenoxy) is 1. The minimum atomic E-state index is -3.54. The van der Waals surface area contributed by atoms with Crippen LogP contribution in [-0.4, -0.2) is 27.5 Å². The number of methoxy groups -OCH3 is 1. The number of carbonyl (C=O) groups is 1. The van der Waals surface area contributed by atoms with Crippen molar-refractivity contribution in [3.05, 3.63) is 35.9 Å². The molecule has 0 unspecified atom stereocenters. The van der Waals surface area contributed by atoms with Gasteiger partial charge in [0, 0.05) is 0 Å². The molecule has 0 aliphatic heterocycles. The Morgan fingerprint density at radius 2 is 1.94 bits per heavy atom. The van der Waals surface area contributed by atoms with Gasteiger partial charge in [-0.25, -0.2) is 13.1 Å². The molecule has 5 nitrogen and oxygen atoms in total. The van der Waals surface area contributed by atoms with Crippen LogP contribution >= 0.6 is 0 Å². The minimum Gasteiger partial charge on any atom is -0.468 e. The number of benzene rings is 1. The van der Waals surface area contributed by atoms with Crippen molar-refractivity contribution in [1.29, 1.82) is 0 Å². The Hall–Kier alpha value is -1.40. The van der Waals surface area contributed by atoms with Gasteiger partial charge >= 0.3 is 5.97 Å². The summed E-state index contributed by atoms with van der Waals surface area (Å²) >= 11 is 0. The van der Waals surface area contributed by atoms with Crippen LogP contribution in [0.1, 0.15) is 12.5 Å². The first-order valence-corrected chi connectivity index (χ1v) is 6.71. The van der Waals surface area contributed by atoms with E-state index in [-0.39, 0.29) is 5.75 Å². The second kappa shape index (κ2) is 5.79. The molecule has 6 heteroatoms. The number of sulfonamides is 1.